The Balaban J connectivity index is 2.02. The monoisotopic (exact) mass is 179 g/mol. The zero-order valence-corrected chi connectivity index (χ0v) is 7.66. The number of anilines is 1. The van der Waals surface area contributed by atoms with Gasteiger partial charge in [0, 0.05) is 18.3 Å². The molecule has 0 radical (unpaired) electrons. The van der Waals surface area contributed by atoms with Crippen LogP contribution >= 0.6 is 0 Å². The van der Waals surface area contributed by atoms with Crippen molar-refractivity contribution in [1.82, 2.24) is 9.97 Å². The molecular weight excluding hydrogens is 166 g/mol. The topological polar surface area (TPSA) is 47.0 Å². The predicted octanol–water partition coefficient (Wildman–Crippen LogP) is 1.45. The van der Waals surface area contributed by atoms with Gasteiger partial charge in [-0.2, -0.15) is 4.98 Å². The van der Waals surface area contributed by atoms with Crippen LogP contribution in [0.3, 0.4) is 0 Å². The third-order valence-electron chi connectivity index (χ3n) is 1.83. The van der Waals surface area contributed by atoms with Crippen molar-refractivity contribution in [1.29, 1.82) is 0 Å². The zero-order valence-electron chi connectivity index (χ0n) is 7.66. The van der Waals surface area contributed by atoms with Gasteiger partial charge in [0.15, 0.2) is 0 Å². The van der Waals surface area contributed by atoms with E-state index in [1.807, 2.05) is 6.92 Å². The minimum Gasteiger partial charge on any atom is -0.478 e. The van der Waals surface area contributed by atoms with Crippen molar-refractivity contribution in [2.24, 2.45) is 0 Å². The first-order chi connectivity index (χ1) is 6.38. The summed E-state index contributed by atoms with van der Waals surface area (Å²) >= 11 is 0. The molecule has 1 aromatic heterocycles. The Bertz CT molecular complexity index is 286. The van der Waals surface area contributed by atoms with Crippen molar-refractivity contribution in [2.45, 2.75) is 25.8 Å². The van der Waals surface area contributed by atoms with Crippen LogP contribution in [0.5, 0.6) is 5.88 Å². The van der Waals surface area contributed by atoms with E-state index in [9.17, 15) is 0 Å². The van der Waals surface area contributed by atoms with Crippen LogP contribution in [0.25, 0.3) is 0 Å². The Kier molecular flexibility index (Phi) is 2.29. The number of nitrogens with zero attached hydrogens (tertiary/aromatic N) is 2. The third-order valence-corrected chi connectivity index (χ3v) is 1.83. The van der Waals surface area contributed by atoms with Crippen LogP contribution in [-0.4, -0.2) is 22.6 Å². The van der Waals surface area contributed by atoms with E-state index in [4.69, 9.17) is 4.74 Å². The van der Waals surface area contributed by atoms with Crippen LogP contribution < -0.4 is 10.1 Å². The van der Waals surface area contributed by atoms with E-state index in [2.05, 4.69) is 15.3 Å². The van der Waals surface area contributed by atoms with Crippen molar-refractivity contribution in [3.63, 3.8) is 0 Å². The lowest BCUT2D eigenvalue weighted by Crippen LogP contribution is -2.06. The summed E-state index contributed by atoms with van der Waals surface area (Å²) in [5.74, 6) is 1.31. The van der Waals surface area contributed by atoms with Gasteiger partial charge in [-0.1, -0.05) is 0 Å². The van der Waals surface area contributed by atoms with Gasteiger partial charge in [0.2, 0.25) is 11.8 Å². The second-order valence-electron chi connectivity index (χ2n) is 3.07. The first-order valence-corrected chi connectivity index (χ1v) is 4.61. The highest BCUT2D eigenvalue weighted by molar-refractivity contribution is 5.30. The van der Waals surface area contributed by atoms with E-state index < -0.39 is 0 Å². The second kappa shape index (κ2) is 3.60. The van der Waals surface area contributed by atoms with Crippen LogP contribution in [0.2, 0.25) is 0 Å². The van der Waals surface area contributed by atoms with Crippen molar-refractivity contribution >= 4 is 5.95 Å². The number of hydrogen-bond acceptors (Lipinski definition) is 4. The lowest BCUT2D eigenvalue weighted by molar-refractivity contribution is 0.326. The molecule has 4 heteroatoms. The Morgan fingerprint density at radius 3 is 3.15 bits per heavy atom. The van der Waals surface area contributed by atoms with Crippen LogP contribution in [0.15, 0.2) is 12.3 Å². The quantitative estimate of drug-likeness (QED) is 0.760. The standard InChI is InChI=1S/C9H13N3O/c1-2-13-8-5-6-10-9(12-8)11-7-3-4-7/h5-7H,2-4H2,1H3,(H,10,11,12). The molecule has 0 spiro atoms. The highest BCUT2D eigenvalue weighted by Gasteiger charge is 2.21. The van der Waals surface area contributed by atoms with E-state index in [-0.39, 0.29) is 0 Å². The zero-order chi connectivity index (χ0) is 9.10. The lowest BCUT2D eigenvalue weighted by Gasteiger charge is -2.04. The second-order valence-corrected chi connectivity index (χ2v) is 3.07. The predicted molar refractivity (Wildman–Crippen MR) is 49.8 cm³/mol. The van der Waals surface area contributed by atoms with E-state index >= 15 is 0 Å². The molecule has 1 aromatic rings. The molecule has 1 N–H and O–H groups in total. The summed E-state index contributed by atoms with van der Waals surface area (Å²) in [7, 11) is 0. The molecule has 0 saturated heterocycles. The van der Waals surface area contributed by atoms with Crippen LogP contribution in [-0.2, 0) is 0 Å². The van der Waals surface area contributed by atoms with Crippen molar-refractivity contribution in [2.75, 3.05) is 11.9 Å². The average molecular weight is 179 g/mol. The summed E-state index contributed by atoms with van der Waals surface area (Å²) in [4.78, 5) is 8.30. The first-order valence-electron chi connectivity index (χ1n) is 4.61. The molecule has 13 heavy (non-hydrogen) atoms. The van der Waals surface area contributed by atoms with E-state index in [0.29, 0.717) is 24.5 Å². The number of hydrogen-bond donors (Lipinski definition) is 1. The highest BCUT2D eigenvalue weighted by Crippen LogP contribution is 2.23. The fraction of sp³-hybridized carbons (Fsp3) is 0.556. The summed E-state index contributed by atoms with van der Waals surface area (Å²) in [6.45, 7) is 2.58. The van der Waals surface area contributed by atoms with E-state index in [0.717, 1.165) is 0 Å². The van der Waals surface area contributed by atoms with E-state index in [1.165, 1.54) is 12.8 Å². The third kappa shape index (κ3) is 2.31. The smallest absolute Gasteiger partial charge is 0.226 e. The Morgan fingerprint density at radius 1 is 1.62 bits per heavy atom. The number of rotatable bonds is 4. The van der Waals surface area contributed by atoms with Gasteiger partial charge in [0.05, 0.1) is 6.61 Å². The van der Waals surface area contributed by atoms with Gasteiger partial charge in [-0.05, 0) is 19.8 Å². The largest absolute Gasteiger partial charge is 0.478 e. The molecule has 1 aliphatic rings. The van der Waals surface area contributed by atoms with Crippen molar-refractivity contribution in [3.05, 3.63) is 12.3 Å². The summed E-state index contributed by atoms with van der Waals surface area (Å²) in [5, 5.41) is 3.21. The molecule has 0 aromatic carbocycles. The molecule has 4 nitrogen and oxygen atoms in total. The summed E-state index contributed by atoms with van der Waals surface area (Å²) in [6, 6.07) is 2.35. The maximum absolute atomic E-state index is 5.26. The van der Waals surface area contributed by atoms with Crippen LogP contribution in [0.1, 0.15) is 19.8 Å². The molecular formula is C9H13N3O. The molecule has 1 heterocycles. The summed E-state index contributed by atoms with van der Waals surface area (Å²) in [5.41, 5.74) is 0. The number of nitrogens with one attached hydrogen (secondary N) is 1. The normalized spacial score (nSPS) is 15.5. The molecule has 1 aliphatic carbocycles. The van der Waals surface area contributed by atoms with Gasteiger partial charge >= 0.3 is 0 Å². The summed E-state index contributed by atoms with van der Waals surface area (Å²) < 4.78 is 5.26. The molecule has 0 atom stereocenters. The molecule has 1 fully saturated rings. The Morgan fingerprint density at radius 2 is 2.46 bits per heavy atom. The minimum atomic E-state index is 0.580. The molecule has 0 aliphatic heterocycles. The van der Waals surface area contributed by atoms with Gasteiger partial charge in [0.1, 0.15) is 0 Å². The van der Waals surface area contributed by atoms with Gasteiger partial charge < -0.3 is 10.1 Å². The summed E-state index contributed by atoms with van der Waals surface area (Å²) in [6.07, 6.45) is 4.16. The fourth-order valence-corrected chi connectivity index (χ4v) is 1.05. The average Bonchev–Trinajstić information content (AvgIpc) is 2.90. The maximum atomic E-state index is 5.26. The van der Waals surface area contributed by atoms with Gasteiger partial charge in [0.25, 0.3) is 0 Å². The molecule has 0 bridgehead atoms. The number of ether oxygens (including phenoxy) is 1. The molecule has 2 rings (SSSR count). The van der Waals surface area contributed by atoms with Gasteiger partial charge in [-0.3, -0.25) is 0 Å². The number of aromatic nitrogens is 2. The first kappa shape index (κ1) is 8.29. The molecule has 1 saturated carbocycles. The van der Waals surface area contributed by atoms with Crippen molar-refractivity contribution < 1.29 is 4.74 Å². The van der Waals surface area contributed by atoms with E-state index in [1.54, 1.807) is 12.3 Å². The minimum absolute atomic E-state index is 0.580. The van der Waals surface area contributed by atoms with Gasteiger partial charge in [-0.25, -0.2) is 4.98 Å². The Hall–Kier alpha value is -1.32. The SMILES string of the molecule is CCOc1ccnc(NC2CC2)n1. The molecule has 0 amide bonds. The molecule has 70 valence electrons. The Labute approximate surface area is 77.4 Å². The molecule has 0 unspecified atom stereocenters. The fourth-order valence-electron chi connectivity index (χ4n) is 1.05. The van der Waals surface area contributed by atoms with Crippen LogP contribution in [0, 0.1) is 0 Å². The highest BCUT2D eigenvalue weighted by atomic mass is 16.5. The maximum Gasteiger partial charge on any atom is 0.226 e. The van der Waals surface area contributed by atoms with Crippen LogP contribution in [0.4, 0.5) is 5.95 Å². The van der Waals surface area contributed by atoms with Crippen molar-refractivity contribution in [3.8, 4) is 5.88 Å². The lowest BCUT2D eigenvalue weighted by atomic mass is 10.6. The van der Waals surface area contributed by atoms with Gasteiger partial charge in [-0.15, -0.1) is 0 Å².